The van der Waals surface area contributed by atoms with Gasteiger partial charge in [-0.2, -0.15) is 0 Å². The highest BCUT2D eigenvalue weighted by molar-refractivity contribution is 8.01. The van der Waals surface area contributed by atoms with Gasteiger partial charge in [0.2, 0.25) is 17.0 Å². The van der Waals surface area contributed by atoms with Gasteiger partial charge in [-0.05, 0) is 33.7 Å². The number of fused-ring (bicyclic) bond motifs is 1. The lowest BCUT2D eigenvalue weighted by molar-refractivity contribution is -0.150. The second-order valence-corrected chi connectivity index (χ2v) is 10.7. The molecule has 1 aromatic heterocycles. The van der Waals surface area contributed by atoms with Crippen molar-refractivity contribution in [2.24, 2.45) is 12.8 Å². The second kappa shape index (κ2) is 11.8. The number of rotatable bonds is 11. The molecule has 0 bridgehead atoms. The predicted octanol–water partition coefficient (Wildman–Crippen LogP) is -0.976. The second-order valence-electron chi connectivity index (χ2n) is 8.66. The molecule has 0 aliphatic carbocycles. The Bertz CT molecular complexity index is 1350. The number of nitrogens with zero attached hydrogens (tertiary/aromatic N) is 5. The molecule has 1 fully saturated rings. The van der Waals surface area contributed by atoms with Gasteiger partial charge in [-0.25, -0.2) is 9.48 Å². The lowest BCUT2D eigenvalue weighted by atomic mass is 10.0. The average Bonchev–Trinajstić information content (AvgIpc) is 3.30. The number of benzene rings is 1. The van der Waals surface area contributed by atoms with Crippen LogP contribution in [0.1, 0.15) is 12.0 Å². The summed E-state index contributed by atoms with van der Waals surface area (Å²) in [4.78, 5) is 61.4. The number of carboxylic acids is 2. The molecule has 206 valence electrons. The number of hydrogen-bond donors (Lipinski definition) is 5. The molecule has 2 aliphatic rings. The van der Waals surface area contributed by atoms with Crippen LogP contribution in [-0.2, 0) is 37.4 Å². The molecule has 6 N–H and O–H groups in total. The zero-order valence-electron chi connectivity index (χ0n) is 20.4. The van der Waals surface area contributed by atoms with Gasteiger partial charge >= 0.3 is 11.9 Å². The van der Waals surface area contributed by atoms with E-state index >= 15 is 0 Å². The summed E-state index contributed by atoms with van der Waals surface area (Å²) in [6.45, 7) is 0. The Kier molecular flexibility index (Phi) is 8.51. The van der Waals surface area contributed by atoms with Crippen LogP contribution >= 0.6 is 23.5 Å². The summed E-state index contributed by atoms with van der Waals surface area (Å²) >= 11 is 2.63. The van der Waals surface area contributed by atoms with E-state index in [9.17, 15) is 29.1 Å². The number of hydrogen-bond acceptors (Lipinski definition) is 11. The number of thioether (sulfide) groups is 2. The van der Waals surface area contributed by atoms with Gasteiger partial charge in [0.05, 0.1) is 12.8 Å². The number of carboxylic acid groups (broad SMARTS) is 2. The quantitative estimate of drug-likeness (QED) is 0.160. The normalized spacial score (nSPS) is 19.1. The molecule has 17 heteroatoms. The Hall–Kier alpha value is -3.96. The number of tetrazole rings is 1. The monoisotopic (exact) mass is 576 g/mol. The van der Waals surface area contributed by atoms with Crippen molar-refractivity contribution in [1.82, 2.24) is 30.4 Å². The van der Waals surface area contributed by atoms with Gasteiger partial charge in [0.25, 0.3) is 5.91 Å². The number of carbonyl (C=O) groups excluding carboxylic acids is 3. The van der Waals surface area contributed by atoms with E-state index in [2.05, 4.69) is 26.2 Å². The summed E-state index contributed by atoms with van der Waals surface area (Å²) in [6.07, 6.45) is -0.433. The maximum atomic E-state index is 12.9. The number of β-lactam (4-membered cyclic amide) rings is 1. The molecule has 39 heavy (non-hydrogen) atoms. The summed E-state index contributed by atoms with van der Waals surface area (Å²) in [5.74, 6) is -3.33. The predicted molar refractivity (Wildman–Crippen MR) is 138 cm³/mol. The van der Waals surface area contributed by atoms with Crippen molar-refractivity contribution < 1.29 is 34.2 Å². The zero-order chi connectivity index (χ0) is 28.3. The molecule has 0 saturated carbocycles. The Morgan fingerprint density at radius 2 is 1.92 bits per heavy atom. The highest BCUT2D eigenvalue weighted by Crippen LogP contribution is 2.41. The number of aryl methyl sites for hydroxylation is 1. The fraction of sp³-hybridized carbons (Fsp3) is 0.364. The Morgan fingerprint density at radius 1 is 1.21 bits per heavy atom. The van der Waals surface area contributed by atoms with Crippen LogP contribution in [0.2, 0.25) is 0 Å². The first-order valence-electron chi connectivity index (χ1n) is 11.5. The lowest BCUT2D eigenvalue weighted by Crippen LogP contribution is -2.70. The van der Waals surface area contributed by atoms with E-state index in [0.717, 1.165) is 0 Å². The van der Waals surface area contributed by atoms with E-state index in [1.807, 2.05) is 0 Å². The first-order chi connectivity index (χ1) is 18.5. The first-order valence-corrected chi connectivity index (χ1v) is 13.5. The third kappa shape index (κ3) is 6.37. The highest BCUT2D eigenvalue weighted by Gasteiger charge is 2.54. The minimum absolute atomic E-state index is 0.0471. The third-order valence-corrected chi connectivity index (χ3v) is 8.28. The van der Waals surface area contributed by atoms with Crippen LogP contribution in [-0.4, -0.2) is 93.9 Å². The number of carbonyl (C=O) groups is 5. The van der Waals surface area contributed by atoms with Crippen molar-refractivity contribution in [3.8, 4) is 0 Å². The fourth-order valence-corrected chi connectivity index (χ4v) is 6.24. The van der Waals surface area contributed by atoms with Crippen LogP contribution in [0.15, 0.2) is 40.7 Å². The van der Waals surface area contributed by atoms with E-state index in [1.54, 1.807) is 31.3 Å². The molecule has 3 amide bonds. The van der Waals surface area contributed by atoms with Crippen LogP contribution in [0.4, 0.5) is 5.69 Å². The number of aromatic nitrogens is 4. The molecule has 4 rings (SSSR count). The van der Waals surface area contributed by atoms with Gasteiger partial charge < -0.3 is 26.6 Å². The van der Waals surface area contributed by atoms with Gasteiger partial charge in [0.1, 0.15) is 23.2 Å². The number of nitrogens with one attached hydrogen (secondary N) is 2. The number of aliphatic carboxylic acids is 2. The summed E-state index contributed by atoms with van der Waals surface area (Å²) in [6, 6.07) is 4.17. The fourth-order valence-electron chi connectivity index (χ4n) is 3.90. The highest BCUT2D eigenvalue weighted by atomic mass is 32.2. The average molecular weight is 577 g/mol. The van der Waals surface area contributed by atoms with Crippen molar-refractivity contribution >= 4 is 58.9 Å². The number of amides is 3. The Balaban J connectivity index is 1.32. The van der Waals surface area contributed by atoms with Gasteiger partial charge in [-0.3, -0.25) is 24.1 Å². The van der Waals surface area contributed by atoms with Crippen LogP contribution in [0.3, 0.4) is 0 Å². The summed E-state index contributed by atoms with van der Waals surface area (Å²) in [5, 5.41) is 34.9. The van der Waals surface area contributed by atoms with Crippen molar-refractivity contribution in [2.75, 3.05) is 16.8 Å². The van der Waals surface area contributed by atoms with Crippen molar-refractivity contribution in [2.45, 2.75) is 35.5 Å². The van der Waals surface area contributed by atoms with E-state index in [-0.39, 0.29) is 18.5 Å². The zero-order valence-corrected chi connectivity index (χ0v) is 22.1. The van der Waals surface area contributed by atoms with Gasteiger partial charge in [-0.1, -0.05) is 23.9 Å². The molecular weight excluding hydrogens is 552 g/mol. The van der Waals surface area contributed by atoms with E-state index in [1.165, 1.54) is 33.1 Å². The van der Waals surface area contributed by atoms with Crippen LogP contribution in [0.5, 0.6) is 0 Å². The minimum Gasteiger partial charge on any atom is -0.480 e. The number of anilines is 1. The third-order valence-electron chi connectivity index (χ3n) is 5.85. The lowest BCUT2D eigenvalue weighted by Gasteiger charge is -2.49. The Labute approximate surface area is 229 Å². The molecule has 2 aromatic rings. The van der Waals surface area contributed by atoms with Gasteiger partial charge in [0.15, 0.2) is 0 Å². The molecular formula is C22H24N8O7S2. The van der Waals surface area contributed by atoms with E-state index in [0.29, 0.717) is 33.5 Å². The summed E-state index contributed by atoms with van der Waals surface area (Å²) in [7, 11) is 1.67. The molecule has 3 atom stereocenters. The standard InChI is InChI=1S/C22H24N8O7S2/c1-29-22(26-27-28-29)39-9-11-8-38-19-16(18(33)30(19)17(11)21(36)37)25-14(31)6-10-2-4-12(5-3-10)24-15(32)7-13(23)20(34)35/h2-5,13,16,19H,6-9,23H2,1H3,(H,24,32)(H,25,31)(H,34,35)(H,36,37)/t13-,16-,19+/m1/s1. The largest absolute Gasteiger partial charge is 0.480 e. The molecule has 0 radical (unpaired) electrons. The molecule has 3 heterocycles. The maximum absolute atomic E-state index is 12.9. The Morgan fingerprint density at radius 3 is 2.54 bits per heavy atom. The molecule has 0 spiro atoms. The van der Waals surface area contributed by atoms with Crippen molar-refractivity contribution in [3.63, 3.8) is 0 Å². The molecule has 1 saturated heterocycles. The smallest absolute Gasteiger partial charge is 0.352 e. The van der Waals surface area contributed by atoms with Crippen LogP contribution in [0.25, 0.3) is 0 Å². The van der Waals surface area contributed by atoms with E-state index in [4.69, 9.17) is 10.8 Å². The van der Waals surface area contributed by atoms with Gasteiger partial charge in [-0.15, -0.1) is 16.9 Å². The molecule has 0 unspecified atom stereocenters. The van der Waals surface area contributed by atoms with E-state index < -0.39 is 47.1 Å². The topological polar surface area (TPSA) is 223 Å². The van der Waals surface area contributed by atoms with Crippen molar-refractivity contribution in [1.29, 1.82) is 0 Å². The van der Waals surface area contributed by atoms with Crippen LogP contribution in [0, 0.1) is 0 Å². The van der Waals surface area contributed by atoms with Crippen LogP contribution < -0.4 is 16.4 Å². The maximum Gasteiger partial charge on any atom is 0.352 e. The first kappa shape index (κ1) is 28.1. The molecule has 15 nitrogen and oxygen atoms in total. The van der Waals surface area contributed by atoms with Crippen molar-refractivity contribution in [3.05, 3.63) is 41.1 Å². The summed E-state index contributed by atoms with van der Waals surface area (Å²) < 4.78 is 1.46. The summed E-state index contributed by atoms with van der Waals surface area (Å²) in [5.41, 5.74) is 6.84. The molecule has 2 aliphatic heterocycles. The number of nitrogens with two attached hydrogens (primary N) is 1. The van der Waals surface area contributed by atoms with Gasteiger partial charge in [0, 0.05) is 24.2 Å². The SMILES string of the molecule is Cn1nnnc1SCC1=C(C(=O)O)N2C(=O)[C@@H](NC(=O)Cc3ccc(NC(=O)C[C@@H](N)C(=O)O)cc3)[C@@H]2SC1. The molecule has 1 aromatic carbocycles. The minimum atomic E-state index is -1.31.